The molecule has 0 radical (unpaired) electrons. The van der Waals surface area contributed by atoms with Crippen LogP contribution in [0.1, 0.15) is 27.2 Å². The minimum Gasteiger partial charge on any atom is -0.497 e. The lowest BCUT2D eigenvalue weighted by atomic mass is 10.0. The Balaban J connectivity index is 1.76. The Hall–Kier alpha value is -2.95. The van der Waals surface area contributed by atoms with Gasteiger partial charge in [-0.05, 0) is 49.2 Å². The number of amides is 1. The Morgan fingerprint density at radius 1 is 1.12 bits per heavy atom. The smallest absolute Gasteiger partial charge is 0.254 e. The standard InChI is InChI=1S/C21H22N2O3/c1-13-16-9-10-23(21(24)14-5-4-6-15(11-14)25-2)12-17-19(26-3)8-7-18(22-13)20(16)17/h4-8,11,22H,9-10,12H2,1-3H3. The van der Waals surface area contributed by atoms with Gasteiger partial charge in [0, 0.05) is 34.3 Å². The van der Waals surface area contributed by atoms with Gasteiger partial charge in [-0.15, -0.1) is 0 Å². The molecule has 2 aromatic carbocycles. The van der Waals surface area contributed by atoms with E-state index in [-0.39, 0.29) is 5.91 Å². The van der Waals surface area contributed by atoms with E-state index in [4.69, 9.17) is 9.47 Å². The van der Waals surface area contributed by atoms with Crippen molar-refractivity contribution in [3.63, 3.8) is 0 Å². The first-order chi connectivity index (χ1) is 12.6. The third kappa shape index (κ3) is 2.60. The molecule has 0 saturated heterocycles. The summed E-state index contributed by atoms with van der Waals surface area (Å²) in [6.45, 7) is 3.29. The van der Waals surface area contributed by atoms with Crippen LogP contribution in [0.4, 0.5) is 0 Å². The van der Waals surface area contributed by atoms with Gasteiger partial charge < -0.3 is 19.4 Å². The van der Waals surface area contributed by atoms with Crippen molar-refractivity contribution < 1.29 is 14.3 Å². The van der Waals surface area contributed by atoms with Crippen LogP contribution in [0.3, 0.4) is 0 Å². The molecule has 134 valence electrons. The summed E-state index contributed by atoms with van der Waals surface area (Å²) < 4.78 is 10.9. The van der Waals surface area contributed by atoms with E-state index in [0.717, 1.165) is 28.9 Å². The van der Waals surface area contributed by atoms with Gasteiger partial charge in [0.15, 0.2) is 0 Å². The first-order valence-electron chi connectivity index (χ1n) is 8.72. The Kier molecular flexibility index (Phi) is 4.07. The molecule has 1 N–H and O–H groups in total. The number of nitrogens with zero attached hydrogens (tertiary/aromatic N) is 1. The highest BCUT2D eigenvalue weighted by molar-refractivity contribution is 5.96. The molecule has 1 amide bonds. The van der Waals surface area contributed by atoms with E-state index < -0.39 is 0 Å². The zero-order valence-corrected chi connectivity index (χ0v) is 15.3. The highest BCUT2D eigenvalue weighted by Gasteiger charge is 2.26. The first kappa shape index (κ1) is 16.5. The number of H-pyrrole nitrogens is 1. The van der Waals surface area contributed by atoms with Crippen molar-refractivity contribution in [2.45, 2.75) is 19.9 Å². The molecule has 0 atom stereocenters. The molecular weight excluding hydrogens is 328 g/mol. The summed E-state index contributed by atoms with van der Waals surface area (Å²) in [7, 11) is 3.28. The van der Waals surface area contributed by atoms with Crippen molar-refractivity contribution in [3.8, 4) is 11.5 Å². The van der Waals surface area contributed by atoms with Crippen LogP contribution in [-0.2, 0) is 13.0 Å². The Labute approximate surface area is 152 Å². The number of aromatic amines is 1. The molecule has 0 fully saturated rings. The van der Waals surface area contributed by atoms with Crippen molar-refractivity contribution in [1.29, 1.82) is 0 Å². The molecule has 1 aromatic heterocycles. The van der Waals surface area contributed by atoms with Gasteiger partial charge in [0.05, 0.1) is 20.8 Å². The second-order valence-electron chi connectivity index (χ2n) is 6.61. The number of hydrogen-bond acceptors (Lipinski definition) is 3. The van der Waals surface area contributed by atoms with Crippen LogP contribution in [0.15, 0.2) is 36.4 Å². The highest BCUT2D eigenvalue weighted by atomic mass is 16.5. The predicted molar refractivity (Wildman–Crippen MR) is 101 cm³/mol. The van der Waals surface area contributed by atoms with Crippen molar-refractivity contribution in [2.24, 2.45) is 0 Å². The molecule has 3 aromatic rings. The van der Waals surface area contributed by atoms with Crippen molar-refractivity contribution in [3.05, 3.63) is 58.8 Å². The predicted octanol–water partition coefficient (Wildman–Crippen LogP) is 3.69. The maximum Gasteiger partial charge on any atom is 0.254 e. The van der Waals surface area contributed by atoms with Gasteiger partial charge in [0.25, 0.3) is 5.91 Å². The number of benzene rings is 2. The fourth-order valence-corrected chi connectivity index (χ4v) is 3.83. The van der Waals surface area contributed by atoms with Crippen LogP contribution in [0.2, 0.25) is 0 Å². The average molecular weight is 350 g/mol. The summed E-state index contributed by atoms with van der Waals surface area (Å²) in [5.74, 6) is 1.52. The number of ether oxygens (including phenoxy) is 2. The van der Waals surface area contributed by atoms with Crippen molar-refractivity contribution in [2.75, 3.05) is 20.8 Å². The third-order valence-electron chi connectivity index (χ3n) is 5.15. The Morgan fingerprint density at radius 3 is 2.73 bits per heavy atom. The van der Waals surface area contributed by atoms with E-state index in [2.05, 4.69) is 11.9 Å². The molecule has 0 saturated carbocycles. The van der Waals surface area contributed by atoms with Crippen LogP contribution < -0.4 is 9.47 Å². The van der Waals surface area contributed by atoms with E-state index in [9.17, 15) is 4.79 Å². The molecule has 4 rings (SSSR count). The zero-order chi connectivity index (χ0) is 18.3. The van der Waals surface area contributed by atoms with Gasteiger partial charge in [0.1, 0.15) is 11.5 Å². The highest BCUT2D eigenvalue weighted by Crippen LogP contribution is 2.36. The quantitative estimate of drug-likeness (QED) is 0.784. The topological polar surface area (TPSA) is 54.6 Å². The number of nitrogens with one attached hydrogen (secondary N) is 1. The molecule has 5 heteroatoms. The monoisotopic (exact) mass is 350 g/mol. The van der Waals surface area contributed by atoms with E-state index in [1.165, 1.54) is 10.9 Å². The molecule has 5 nitrogen and oxygen atoms in total. The number of carbonyl (C=O) groups is 1. The molecule has 2 heterocycles. The number of rotatable bonds is 3. The molecule has 1 aliphatic heterocycles. The molecule has 1 aliphatic rings. The van der Waals surface area contributed by atoms with Crippen molar-refractivity contribution in [1.82, 2.24) is 9.88 Å². The molecule has 0 aliphatic carbocycles. The largest absolute Gasteiger partial charge is 0.497 e. The van der Waals surface area contributed by atoms with Gasteiger partial charge in [-0.1, -0.05) is 6.07 Å². The SMILES string of the molecule is COc1cccc(C(=O)N2CCc3c(C)[nH]c4ccc(OC)c(c34)C2)c1. The van der Waals surface area contributed by atoms with E-state index in [0.29, 0.717) is 24.4 Å². The van der Waals surface area contributed by atoms with E-state index >= 15 is 0 Å². The summed E-state index contributed by atoms with van der Waals surface area (Å²) in [5, 5.41) is 1.20. The minimum absolute atomic E-state index is 0.00902. The summed E-state index contributed by atoms with van der Waals surface area (Å²) in [5.41, 5.74) is 5.24. The second-order valence-corrected chi connectivity index (χ2v) is 6.61. The minimum atomic E-state index is 0.00902. The Morgan fingerprint density at radius 2 is 1.96 bits per heavy atom. The summed E-state index contributed by atoms with van der Waals surface area (Å²) in [6.07, 6.45) is 0.821. The second kappa shape index (κ2) is 6.41. The number of hydrogen-bond donors (Lipinski definition) is 1. The van der Waals surface area contributed by atoms with Gasteiger partial charge in [0.2, 0.25) is 0 Å². The number of aromatic nitrogens is 1. The lowest BCUT2D eigenvalue weighted by molar-refractivity contribution is 0.0746. The molecular formula is C21H22N2O3. The van der Waals surface area contributed by atoms with E-state index in [1.54, 1.807) is 20.3 Å². The van der Waals surface area contributed by atoms with Crippen molar-refractivity contribution >= 4 is 16.8 Å². The van der Waals surface area contributed by atoms with Crippen LogP contribution in [-0.4, -0.2) is 36.6 Å². The van der Waals surface area contributed by atoms with Crippen LogP contribution in [0, 0.1) is 6.92 Å². The number of methoxy groups -OCH3 is 2. The number of aryl methyl sites for hydroxylation is 1. The van der Waals surface area contributed by atoms with E-state index in [1.807, 2.05) is 35.2 Å². The van der Waals surface area contributed by atoms with Crippen LogP contribution in [0.5, 0.6) is 11.5 Å². The van der Waals surface area contributed by atoms with Gasteiger partial charge in [-0.2, -0.15) is 0 Å². The fourth-order valence-electron chi connectivity index (χ4n) is 3.83. The maximum absolute atomic E-state index is 13.1. The van der Waals surface area contributed by atoms with Crippen LogP contribution in [0.25, 0.3) is 10.9 Å². The molecule has 0 unspecified atom stereocenters. The third-order valence-corrected chi connectivity index (χ3v) is 5.15. The summed E-state index contributed by atoms with van der Waals surface area (Å²) in [6, 6.07) is 11.3. The van der Waals surface area contributed by atoms with Crippen LogP contribution >= 0.6 is 0 Å². The summed E-state index contributed by atoms with van der Waals surface area (Å²) >= 11 is 0. The zero-order valence-electron chi connectivity index (χ0n) is 15.3. The van der Waals surface area contributed by atoms with Gasteiger partial charge >= 0.3 is 0 Å². The molecule has 0 spiro atoms. The summed E-state index contributed by atoms with van der Waals surface area (Å²) in [4.78, 5) is 18.5. The number of carbonyl (C=O) groups excluding carboxylic acids is 1. The lowest BCUT2D eigenvalue weighted by Gasteiger charge is -2.22. The Bertz CT molecular complexity index is 990. The van der Waals surface area contributed by atoms with Gasteiger partial charge in [-0.3, -0.25) is 4.79 Å². The fraction of sp³-hybridized carbons (Fsp3) is 0.286. The first-order valence-corrected chi connectivity index (χ1v) is 8.72. The van der Waals surface area contributed by atoms with Gasteiger partial charge in [-0.25, -0.2) is 0 Å². The average Bonchev–Trinajstić information content (AvgIpc) is 2.86. The molecule has 0 bridgehead atoms. The maximum atomic E-state index is 13.1. The lowest BCUT2D eigenvalue weighted by Crippen LogP contribution is -2.31. The normalized spacial score (nSPS) is 13.6. The molecule has 26 heavy (non-hydrogen) atoms.